The molecule has 0 amide bonds. The van der Waals surface area contributed by atoms with Crippen molar-refractivity contribution in [3.63, 3.8) is 0 Å². The number of hydrogen-bond donors (Lipinski definition) is 2. The molecule has 0 saturated carbocycles. The molecule has 1 fully saturated rings. The number of aromatic nitrogens is 3. The van der Waals surface area contributed by atoms with Gasteiger partial charge in [0.05, 0.1) is 6.10 Å². The highest BCUT2D eigenvalue weighted by Gasteiger charge is 2.19. The zero-order chi connectivity index (χ0) is 13.8. The summed E-state index contributed by atoms with van der Waals surface area (Å²) in [7, 11) is 2.13. The molecule has 7 nitrogen and oxygen atoms in total. The van der Waals surface area contributed by atoms with Crippen molar-refractivity contribution in [2.45, 2.75) is 26.4 Å². The highest BCUT2D eigenvalue weighted by molar-refractivity contribution is 5.32. The summed E-state index contributed by atoms with van der Waals surface area (Å²) in [5.74, 6) is 1.28. The third-order valence-electron chi connectivity index (χ3n) is 3.01. The van der Waals surface area contributed by atoms with Gasteiger partial charge in [-0.1, -0.05) is 0 Å². The maximum Gasteiger partial charge on any atom is 0.323 e. The lowest BCUT2D eigenvalue weighted by molar-refractivity contribution is 0.222. The molecule has 1 aliphatic heterocycles. The van der Waals surface area contributed by atoms with Gasteiger partial charge in [-0.3, -0.25) is 0 Å². The smallest absolute Gasteiger partial charge is 0.323 e. The van der Waals surface area contributed by atoms with Gasteiger partial charge in [0.1, 0.15) is 0 Å². The van der Waals surface area contributed by atoms with E-state index in [-0.39, 0.29) is 18.1 Å². The second-order valence-electron chi connectivity index (χ2n) is 5.26. The van der Waals surface area contributed by atoms with E-state index in [9.17, 15) is 0 Å². The first-order chi connectivity index (χ1) is 9.02. The lowest BCUT2D eigenvalue weighted by Gasteiger charge is -2.13. The number of nitrogens with two attached hydrogens (primary N) is 1. The van der Waals surface area contributed by atoms with Crippen LogP contribution in [0.3, 0.4) is 0 Å². The number of nitrogens with zero attached hydrogens (tertiary/aromatic N) is 4. The van der Waals surface area contributed by atoms with Crippen molar-refractivity contribution < 1.29 is 4.74 Å². The molecule has 1 aliphatic rings. The van der Waals surface area contributed by atoms with E-state index >= 15 is 0 Å². The highest BCUT2D eigenvalue weighted by atomic mass is 16.5. The van der Waals surface area contributed by atoms with Gasteiger partial charge in [-0.05, 0) is 39.8 Å². The quantitative estimate of drug-likeness (QED) is 0.806. The van der Waals surface area contributed by atoms with Crippen LogP contribution < -0.4 is 15.8 Å². The van der Waals surface area contributed by atoms with Crippen LogP contribution >= 0.6 is 0 Å². The van der Waals surface area contributed by atoms with Gasteiger partial charge in [0.15, 0.2) is 0 Å². The number of anilines is 2. The Morgan fingerprint density at radius 1 is 1.42 bits per heavy atom. The monoisotopic (exact) mass is 266 g/mol. The molecule has 0 spiro atoms. The van der Waals surface area contributed by atoms with Crippen molar-refractivity contribution in [2.24, 2.45) is 5.92 Å². The molecule has 0 aliphatic carbocycles. The van der Waals surface area contributed by atoms with E-state index in [4.69, 9.17) is 10.5 Å². The van der Waals surface area contributed by atoms with Crippen LogP contribution in [0.4, 0.5) is 11.9 Å². The molecule has 1 aromatic rings. The van der Waals surface area contributed by atoms with Gasteiger partial charge in [0, 0.05) is 13.1 Å². The molecular weight excluding hydrogens is 244 g/mol. The summed E-state index contributed by atoms with van der Waals surface area (Å²) in [4.78, 5) is 14.5. The SMILES string of the molecule is CC(C)Oc1nc(N)nc(NCC2CCN(C)C2)n1. The Kier molecular flexibility index (Phi) is 4.36. The third kappa shape index (κ3) is 4.20. The summed E-state index contributed by atoms with van der Waals surface area (Å²) in [6, 6.07) is 0.272. The third-order valence-corrected chi connectivity index (χ3v) is 3.01. The topological polar surface area (TPSA) is 89.2 Å². The Hall–Kier alpha value is -1.63. The molecule has 1 unspecified atom stereocenters. The van der Waals surface area contributed by atoms with Crippen LogP contribution in [0.2, 0.25) is 0 Å². The molecule has 2 heterocycles. The van der Waals surface area contributed by atoms with Crippen LogP contribution in [0.25, 0.3) is 0 Å². The molecule has 0 bridgehead atoms. The summed E-state index contributed by atoms with van der Waals surface area (Å²) < 4.78 is 5.43. The van der Waals surface area contributed by atoms with E-state index < -0.39 is 0 Å². The summed E-state index contributed by atoms with van der Waals surface area (Å²) >= 11 is 0. The Balaban J connectivity index is 1.94. The molecule has 1 aromatic heterocycles. The Morgan fingerprint density at radius 3 is 2.84 bits per heavy atom. The standard InChI is InChI=1S/C12H22N6O/c1-8(2)19-12-16-10(13)15-11(17-12)14-6-9-4-5-18(3)7-9/h8-9H,4-7H2,1-3H3,(H3,13,14,15,16,17). The van der Waals surface area contributed by atoms with Gasteiger partial charge >= 0.3 is 6.01 Å². The summed E-state index contributed by atoms with van der Waals surface area (Å²) in [5.41, 5.74) is 5.65. The Bertz CT molecular complexity index is 425. The molecule has 1 saturated heterocycles. The number of nitrogen functional groups attached to an aromatic ring is 1. The molecule has 106 valence electrons. The minimum atomic E-state index is 0.0122. The zero-order valence-electron chi connectivity index (χ0n) is 11.8. The zero-order valence-corrected chi connectivity index (χ0v) is 11.8. The van der Waals surface area contributed by atoms with E-state index in [1.165, 1.54) is 6.42 Å². The molecule has 0 radical (unpaired) electrons. The van der Waals surface area contributed by atoms with Crippen LogP contribution in [-0.2, 0) is 0 Å². The van der Waals surface area contributed by atoms with Crippen molar-refractivity contribution in [1.29, 1.82) is 0 Å². The number of rotatable bonds is 5. The van der Waals surface area contributed by atoms with E-state index in [1.54, 1.807) is 0 Å². The largest absolute Gasteiger partial charge is 0.461 e. The van der Waals surface area contributed by atoms with Crippen molar-refractivity contribution in [2.75, 3.05) is 37.7 Å². The van der Waals surface area contributed by atoms with Crippen molar-refractivity contribution in [3.05, 3.63) is 0 Å². The lowest BCUT2D eigenvalue weighted by atomic mass is 10.1. The van der Waals surface area contributed by atoms with E-state index in [2.05, 4.69) is 32.2 Å². The Morgan fingerprint density at radius 2 is 2.21 bits per heavy atom. The Labute approximate surface area is 113 Å². The molecule has 1 atom stereocenters. The van der Waals surface area contributed by atoms with Crippen LogP contribution in [0.15, 0.2) is 0 Å². The van der Waals surface area contributed by atoms with Crippen molar-refractivity contribution in [3.8, 4) is 6.01 Å². The number of ether oxygens (including phenoxy) is 1. The molecule has 2 rings (SSSR count). The van der Waals surface area contributed by atoms with Crippen LogP contribution in [-0.4, -0.2) is 52.6 Å². The first-order valence-corrected chi connectivity index (χ1v) is 6.63. The normalized spacial score (nSPS) is 19.9. The fourth-order valence-electron chi connectivity index (χ4n) is 2.14. The molecular formula is C12H22N6O. The maximum absolute atomic E-state index is 5.65. The van der Waals surface area contributed by atoms with Crippen molar-refractivity contribution >= 4 is 11.9 Å². The minimum absolute atomic E-state index is 0.0122. The fraction of sp³-hybridized carbons (Fsp3) is 0.750. The fourth-order valence-corrected chi connectivity index (χ4v) is 2.14. The van der Waals surface area contributed by atoms with E-state index in [0.717, 1.165) is 19.6 Å². The van der Waals surface area contributed by atoms with Crippen LogP contribution in [0.1, 0.15) is 20.3 Å². The molecule has 7 heteroatoms. The number of nitrogens with one attached hydrogen (secondary N) is 1. The summed E-state index contributed by atoms with van der Waals surface area (Å²) in [5, 5.41) is 3.21. The van der Waals surface area contributed by atoms with Gasteiger partial charge in [-0.2, -0.15) is 15.0 Å². The molecule has 0 aromatic carbocycles. The van der Waals surface area contributed by atoms with Gasteiger partial charge in [-0.25, -0.2) is 0 Å². The van der Waals surface area contributed by atoms with Crippen LogP contribution in [0, 0.1) is 5.92 Å². The first-order valence-electron chi connectivity index (χ1n) is 6.63. The van der Waals surface area contributed by atoms with Gasteiger partial charge in [0.25, 0.3) is 0 Å². The summed E-state index contributed by atoms with van der Waals surface area (Å²) in [6.45, 7) is 6.92. The lowest BCUT2D eigenvalue weighted by Crippen LogP contribution is -2.20. The predicted octanol–water partition coefficient (Wildman–Crippen LogP) is 0.605. The van der Waals surface area contributed by atoms with E-state index in [0.29, 0.717) is 11.9 Å². The molecule has 3 N–H and O–H groups in total. The second kappa shape index (κ2) is 6.01. The van der Waals surface area contributed by atoms with Crippen LogP contribution in [0.5, 0.6) is 6.01 Å². The molecule has 19 heavy (non-hydrogen) atoms. The maximum atomic E-state index is 5.65. The van der Waals surface area contributed by atoms with E-state index in [1.807, 2.05) is 13.8 Å². The average molecular weight is 266 g/mol. The van der Waals surface area contributed by atoms with Crippen molar-refractivity contribution in [1.82, 2.24) is 19.9 Å². The van der Waals surface area contributed by atoms with Gasteiger partial charge in [-0.15, -0.1) is 0 Å². The average Bonchev–Trinajstić information content (AvgIpc) is 2.71. The predicted molar refractivity (Wildman–Crippen MR) is 74.1 cm³/mol. The van der Waals surface area contributed by atoms with Gasteiger partial charge < -0.3 is 20.7 Å². The summed E-state index contributed by atoms with van der Waals surface area (Å²) in [6.07, 6.45) is 1.21. The first kappa shape index (κ1) is 13.8. The number of likely N-dealkylation sites (tertiary alicyclic amines) is 1. The highest BCUT2D eigenvalue weighted by Crippen LogP contribution is 2.16. The second-order valence-corrected chi connectivity index (χ2v) is 5.26. The van der Waals surface area contributed by atoms with Gasteiger partial charge in [0.2, 0.25) is 11.9 Å². The number of hydrogen-bond acceptors (Lipinski definition) is 7. The minimum Gasteiger partial charge on any atom is -0.461 e.